The van der Waals surface area contributed by atoms with Crippen LogP contribution in [-0.2, 0) is 10.0 Å². The number of halogens is 2. The van der Waals surface area contributed by atoms with Crippen molar-refractivity contribution in [2.24, 2.45) is 0 Å². The van der Waals surface area contributed by atoms with Crippen LogP contribution in [0.25, 0.3) is 0 Å². The number of rotatable bonds is 5. The van der Waals surface area contributed by atoms with Gasteiger partial charge in [0.2, 0.25) is 10.0 Å². The lowest BCUT2D eigenvalue weighted by molar-refractivity contribution is 0.322. The van der Waals surface area contributed by atoms with Crippen LogP contribution in [-0.4, -0.2) is 37.9 Å². The molecule has 1 aromatic heterocycles. The molecule has 4 nitrogen and oxygen atoms in total. The van der Waals surface area contributed by atoms with Crippen LogP contribution in [0.2, 0.25) is 8.67 Å². The lowest BCUT2D eigenvalue weighted by Crippen LogP contribution is -2.44. The van der Waals surface area contributed by atoms with Crippen LogP contribution in [0.4, 0.5) is 0 Å². The van der Waals surface area contributed by atoms with Gasteiger partial charge in [-0.15, -0.1) is 11.3 Å². The molecule has 0 saturated carbocycles. The minimum atomic E-state index is -3.61. The van der Waals surface area contributed by atoms with Crippen molar-refractivity contribution in [2.45, 2.75) is 43.7 Å². The maximum Gasteiger partial charge on any atom is 0.245 e. The van der Waals surface area contributed by atoms with Gasteiger partial charge in [-0.25, -0.2) is 8.42 Å². The molecule has 0 aliphatic carbocycles. The third-order valence-corrected chi connectivity index (χ3v) is 7.15. The summed E-state index contributed by atoms with van der Waals surface area (Å²) in [4.78, 5) is 0.112. The fourth-order valence-electron chi connectivity index (χ4n) is 2.34. The standard InChI is InChI=1S/C12H18Cl2N2O2S2/c1-8(2)16(7-9-4-3-5-15-9)20(17,18)10-6-11(13)19-12(10)14/h6,8-9,15H,3-5,7H2,1-2H3. The van der Waals surface area contributed by atoms with Gasteiger partial charge in [-0.3, -0.25) is 0 Å². The van der Waals surface area contributed by atoms with Gasteiger partial charge < -0.3 is 5.32 Å². The summed E-state index contributed by atoms with van der Waals surface area (Å²) in [5, 5.41) is 3.32. The van der Waals surface area contributed by atoms with E-state index >= 15 is 0 Å². The van der Waals surface area contributed by atoms with Gasteiger partial charge in [0.05, 0.1) is 4.34 Å². The van der Waals surface area contributed by atoms with Crippen LogP contribution < -0.4 is 5.32 Å². The molecule has 8 heteroatoms. The fraction of sp³-hybridized carbons (Fsp3) is 0.667. The molecule has 1 aliphatic heterocycles. The number of hydrogen-bond acceptors (Lipinski definition) is 4. The number of nitrogens with one attached hydrogen (secondary N) is 1. The molecule has 2 rings (SSSR count). The van der Waals surface area contributed by atoms with Crippen molar-refractivity contribution in [1.29, 1.82) is 0 Å². The zero-order valence-corrected chi connectivity index (χ0v) is 14.5. The second-order valence-corrected chi connectivity index (χ2v) is 9.29. The highest BCUT2D eigenvalue weighted by molar-refractivity contribution is 7.89. The predicted molar refractivity (Wildman–Crippen MR) is 84.4 cm³/mol. The molecule has 0 radical (unpaired) electrons. The first-order valence-corrected chi connectivity index (χ1v) is 9.53. The zero-order valence-electron chi connectivity index (χ0n) is 11.4. The Morgan fingerprint density at radius 2 is 2.20 bits per heavy atom. The molecule has 0 bridgehead atoms. The second kappa shape index (κ2) is 6.50. The van der Waals surface area contributed by atoms with Crippen LogP contribution in [0.3, 0.4) is 0 Å². The smallest absolute Gasteiger partial charge is 0.245 e. The summed E-state index contributed by atoms with van der Waals surface area (Å²) in [6, 6.07) is 1.51. The lowest BCUT2D eigenvalue weighted by Gasteiger charge is -2.28. The summed E-state index contributed by atoms with van der Waals surface area (Å²) in [5.74, 6) is 0. The lowest BCUT2D eigenvalue weighted by atomic mass is 10.2. The van der Waals surface area contributed by atoms with Gasteiger partial charge in [0.25, 0.3) is 0 Å². The zero-order chi connectivity index (χ0) is 14.9. The molecular formula is C12H18Cl2N2O2S2. The molecular weight excluding hydrogens is 339 g/mol. The molecule has 20 heavy (non-hydrogen) atoms. The molecule has 1 aromatic rings. The molecule has 0 spiro atoms. The van der Waals surface area contributed by atoms with E-state index in [9.17, 15) is 8.42 Å². The average Bonchev–Trinajstić information content (AvgIpc) is 2.95. The summed E-state index contributed by atoms with van der Waals surface area (Å²) in [7, 11) is -3.61. The van der Waals surface area contributed by atoms with E-state index < -0.39 is 10.0 Å². The van der Waals surface area contributed by atoms with Gasteiger partial charge in [0.15, 0.2) is 0 Å². The van der Waals surface area contributed by atoms with Gasteiger partial charge >= 0.3 is 0 Å². The van der Waals surface area contributed by atoms with Crippen molar-refractivity contribution in [3.05, 3.63) is 14.7 Å². The maximum absolute atomic E-state index is 12.8. The van der Waals surface area contributed by atoms with Crippen molar-refractivity contribution >= 4 is 44.6 Å². The normalized spacial score (nSPS) is 20.2. The van der Waals surface area contributed by atoms with E-state index in [1.807, 2.05) is 13.8 Å². The first-order chi connectivity index (χ1) is 9.32. The van der Waals surface area contributed by atoms with Crippen molar-refractivity contribution < 1.29 is 8.42 Å². The van der Waals surface area contributed by atoms with Crippen LogP contribution in [0.1, 0.15) is 26.7 Å². The highest BCUT2D eigenvalue weighted by Gasteiger charge is 2.32. The first kappa shape index (κ1) is 16.5. The molecule has 0 amide bonds. The van der Waals surface area contributed by atoms with Crippen LogP contribution in [0, 0.1) is 0 Å². The third kappa shape index (κ3) is 3.48. The average molecular weight is 357 g/mol. The Labute approximate surface area is 134 Å². The SMILES string of the molecule is CC(C)N(CC1CCCN1)S(=O)(=O)c1cc(Cl)sc1Cl. The third-order valence-electron chi connectivity index (χ3n) is 3.35. The van der Waals surface area contributed by atoms with Crippen LogP contribution in [0.5, 0.6) is 0 Å². The van der Waals surface area contributed by atoms with E-state index in [0.717, 1.165) is 30.7 Å². The highest BCUT2D eigenvalue weighted by atomic mass is 35.5. The largest absolute Gasteiger partial charge is 0.313 e. The highest BCUT2D eigenvalue weighted by Crippen LogP contribution is 2.36. The Hall–Kier alpha value is 0.150. The summed E-state index contributed by atoms with van der Waals surface area (Å²) in [6.45, 7) is 5.15. The van der Waals surface area contributed by atoms with Gasteiger partial charge in [0, 0.05) is 18.6 Å². The second-order valence-electron chi connectivity index (χ2n) is 5.15. The minimum absolute atomic E-state index is 0.112. The van der Waals surface area contributed by atoms with E-state index in [0.29, 0.717) is 10.9 Å². The minimum Gasteiger partial charge on any atom is -0.313 e. The fourth-order valence-corrected chi connectivity index (χ4v) is 6.14. The van der Waals surface area contributed by atoms with E-state index in [1.165, 1.54) is 10.4 Å². The summed E-state index contributed by atoms with van der Waals surface area (Å²) >= 11 is 13.0. The van der Waals surface area contributed by atoms with E-state index in [4.69, 9.17) is 23.2 Å². The summed E-state index contributed by atoms with van der Waals surface area (Å²) in [5.41, 5.74) is 0. The molecule has 2 heterocycles. The van der Waals surface area contributed by atoms with Gasteiger partial charge in [-0.1, -0.05) is 23.2 Å². The quantitative estimate of drug-likeness (QED) is 0.880. The first-order valence-electron chi connectivity index (χ1n) is 6.52. The number of sulfonamides is 1. The molecule has 1 atom stereocenters. The Bertz CT molecular complexity index is 566. The topological polar surface area (TPSA) is 49.4 Å². The van der Waals surface area contributed by atoms with Gasteiger partial charge in [-0.2, -0.15) is 4.31 Å². The van der Waals surface area contributed by atoms with Gasteiger partial charge in [0.1, 0.15) is 9.23 Å². The Kier molecular flexibility index (Phi) is 5.37. The molecule has 1 aliphatic rings. The monoisotopic (exact) mass is 356 g/mol. The van der Waals surface area contributed by atoms with Crippen LogP contribution >= 0.6 is 34.5 Å². The maximum atomic E-state index is 12.8. The van der Waals surface area contributed by atoms with Gasteiger partial charge in [-0.05, 0) is 39.3 Å². The Balaban J connectivity index is 2.29. The Morgan fingerprint density at radius 1 is 1.50 bits per heavy atom. The van der Waals surface area contributed by atoms with Crippen molar-refractivity contribution in [1.82, 2.24) is 9.62 Å². The Morgan fingerprint density at radius 3 is 2.65 bits per heavy atom. The summed E-state index contributed by atoms with van der Waals surface area (Å²) < 4.78 is 27.6. The van der Waals surface area contributed by atoms with Crippen molar-refractivity contribution in [2.75, 3.05) is 13.1 Å². The van der Waals surface area contributed by atoms with E-state index in [-0.39, 0.29) is 21.3 Å². The van der Waals surface area contributed by atoms with E-state index in [1.54, 1.807) is 0 Å². The molecule has 1 unspecified atom stereocenters. The molecule has 1 saturated heterocycles. The number of thiophene rings is 1. The number of nitrogens with zero attached hydrogens (tertiary/aromatic N) is 1. The van der Waals surface area contributed by atoms with Crippen LogP contribution in [0.15, 0.2) is 11.0 Å². The number of hydrogen-bond donors (Lipinski definition) is 1. The van der Waals surface area contributed by atoms with Crippen molar-refractivity contribution in [3.8, 4) is 0 Å². The molecule has 1 fully saturated rings. The molecule has 0 aromatic carbocycles. The summed E-state index contributed by atoms with van der Waals surface area (Å²) in [6.07, 6.45) is 2.08. The molecule has 1 N–H and O–H groups in total. The van der Waals surface area contributed by atoms with E-state index in [2.05, 4.69) is 5.32 Å². The predicted octanol–water partition coefficient (Wildman–Crippen LogP) is 3.21. The molecule has 114 valence electrons. The van der Waals surface area contributed by atoms with Crippen molar-refractivity contribution in [3.63, 3.8) is 0 Å².